The molecule has 59 heavy (non-hydrogen) atoms. The molecule has 0 radical (unpaired) electrons. The van der Waals surface area contributed by atoms with E-state index in [1.54, 1.807) is 48.5 Å². The molecule has 0 fully saturated rings. The molecule has 0 aromatic heterocycles. The van der Waals surface area contributed by atoms with Crippen LogP contribution in [0.1, 0.15) is 54.3 Å². The molecule has 0 aliphatic carbocycles. The molecular formula is C46H40N2O11. The maximum atomic E-state index is 12.7. The van der Waals surface area contributed by atoms with Crippen molar-refractivity contribution in [1.29, 1.82) is 0 Å². The van der Waals surface area contributed by atoms with Crippen LogP contribution in [0.25, 0.3) is 22.3 Å². The SMILES string of the molecule is O=C(O)CCO.O=C(O)CCOC(=O)c1ccccc1C(=O)Nc1ccc(-c2ccccc2)cc1.O=C(O)c1ccccc1C(=O)Nc1ccc(-c2ccccc2)cc1. The van der Waals surface area contributed by atoms with E-state index in [2.05, 4.69) is 10.6 Å². The summed E-state index contributed by atoms with van der Waals surface area (Å²) < 4.78 is 4.94. The number of ether oxygens (including phenoxy) is 1. The summed E-state index contributed by atoms with van der Waals surface area (Å²) in [6.07, 6.45) is -0.451. The van der Waals surface area contributed by atoms with Crippen LogP contribution in [-0.4, -0.2) is 69.3 Å². The standard InChI is InChI=1S/C23H19NO5.C20H15NO3.C3H6O3/c25-21(26)14-15-29-23(28)20-9-5-4-8-19(20)22(27)24-18-12-10-17(11-13-18)16-6-2-1-3-7-16;22-19(17-8-4-5-9-18(17)20(23)24)21-16-12-10-15(11-13-16)14-6-2-1-3-7-14;4-2-1-3(5)6/h1-13H,14-15H2,(H,24,27)(H,25,26);1-13H,(H,21,22)(H,23,24);4H,1-2H2,(H,5,6). The van der Waals surface area contributed by atoms with Crippen molar-refractivity contribution < 1.29 is 53.9 Å². The molecule has 6 rings (SSSR count). The smallest absolute Gasteiger partial charge is 0.338 e. The lowest BCUT2D eigenvalue weighted by atomic mass is 10.0. The molecule has 0 aliphatic heterocycles. The first kappa shape index (κ1) is 43.8. The lowest BCUT2D eigenvalue weighted by Crippen LogP contribution is -2.18. The average Bonchev–Trinajstić information content (AvgIpc) is 3.25. The lowest BCUT2D eigenvalue weighted by molar-refractivity contribution is -0.138. The van der Waals surface area contributed by atoms with Gasteiger partial charge in [-0.1, -0.05) is 109 Å². The fourth-order valence-electron chi connectivity index (χ4n) is 5.28. The molecule has 0 heterocycles. The molecular weight excluding hydrogens is 757 g/mol. The summed E-state index contributed by atoms with van der Waals surface area (Å²) in [5, 5.41) is 38.9. The van der Waals surface area contributed by atoms with E-state index in [1.807, 2.05) is 84.9 Å². The number of hydrogen-bond donors (Lipinski definition) is 6. The van der Waals surface area contributed by atoms with E-state index >= 15 is 0 Å². The minimum absolute atomic E-state index is 0.0177. The van der Waals surface area contributed by atoms with Crippen LogP contribution in [0.4, 0.5) is 11.4 Å². The quantitative estimate of drug-likeness (QED) is 0.0616. The Morgan fingerprint density at radius 3 is 1.15 bits per heavy atom. The highest BCUT2D eigenvalue weighted by molar-refractivity contribution is 6.11. The van der Waals surface area contributed by atoms with Crippen LogP contribution in [0, 0.1) is 0 Å². The number of rotatable bonds is 13. The number of aromatic carboxylic acids is 1. The number of amides is 2. The Bertz CT molecular complexity index is 2350. The highest BCUT2D eigenvalue weighted by Crippen LogP contribution is 2.23. The van der Waals surface area contributed by atoms with Crippen molar-refractivity contribution in [2.45, 2.75) is 12.8 Å². The summed E-state index contributed by atoms with van der Waals surface area (Å²) in [4.78, 5) is 68.4. The van der Waals surface area contributed by atoms with Crippen LogP contribution in [-0.2, 0) is 14.3 Å². The molecule has 2 amide bonds. The van der Waals surface area contributed by atoms with Crippen molar-refractivity contribution in [3.8, 4) is 22.3 Å². The zero-order valence-corrected chi connectivity index (χ0v) is 31.5. The zero-order chi connectivity index (χ0) is 42.6. The van der Waals surface area contributed by atoms with Gasteiger partial charge in [0.05, 0.1) is 41.7 Å². The monoisotopic (exact) mass is 796 g/mol. The Hall–Kier alpha value is -7.90. The molecule has 0 saturated carbocycles. The normalized spacial score (nSPS) is 9.98. The fourth-order valence-corrected chi connectivity index (χ4v) is 5.28. The highest BCUT2D eigenvalue weighted by Gasteiger charge is 2.19. The van der Waals surface area contributed by atoms with Crippen molar-refractivity contribution in [2.75, 3.05) is 23.8 Å². The van der Waals surface area contributed by atoms with Crippen LogP contribution in [0.5, 0.6) is 0 Å². The molecule has 0 unspecified atom stereocenters. The number of aliphatic hydroxyl groups is 1. The Kier molecular flexibility index (Phi) is 16.8. The number of anilines is 2. The third-order valence-electron chi connectivity index (χ3n) is 8.17. The number of nitrogens with one attached hydrogen (secondary N) is 2. The van der Waals surface area contributed by atoms with Gasteiger partial charge in [-0.15, -0.1) is 0 Å². The first-order valence-electron chi connectivity index (χ1n) is 18.0. The first-order valence-corrected chi connectivity index (χ1v) is 18.0. The molecule has 13 nitrogen and oxygen atoms in total. The Balaban J connectivity index is 0.000000232. The van der Waals surface area contributed by atoms with Gasteiger partial charge in [-0.05, 0) is 70.8 Å². The van der Waals surface area contributed by atoms with Crippen molar-refractivity contribution in [2.24, 2.45) is 0 Å². The van der Waals surface area contributed by atoms with Crippen LogP contribution in [0.15, 0.2) is 158 Å². The molecule has 300 valence electrons. The van der Waals surface area contributed by atoms with Crippen LogP contribution in [0.3, 0.4) is 0 Å². The number of hydrogen-bond acceptors (Lipinski definition) is 8. The minimum Gasteiger partial charge on any atom is -0.481 e. The van der Waals surface area contributed by atoms with Gasteiger partial charge in [-0.3, -0.25) is 19.2 Å². The van der Waals surface area contributed by atoms with Crippen molar-refractivity contribution in [1.82, 2.24) is 0 Å². The number of aliphatic carboxylic acids is 2. The van der Waals surface area contributed by atoms with Gasteiger partial charge in [-0.25, -0.2) is 9.59 Å². The summed E-state index contributed by atoms with van der Waals surface area (Å²) >= 11 is 0. The topological polar surface area (TPSA) is 217 Å². The maximum absolute atomic E-state index is 12.7. The van der Waals surface area contributed by atoms with Crippen LogP contribution >= 0.6 is 0 Å². The molecule has 0 saturated heterocycles. The third kappa shape index (κ3) is 14.0. The molecule has 0 aliphatic rings. The van der Waals surface area contributed by atoms with Gasteiger partial charge in [0, 0.05) is 11.4 Å². The summed E-state index contributed by atoms with van der Waals surface area (Å²) in [6, 6.07) is 46.9. The number of carboxylic acid groups (broad SMARTS) is 3. The number of carboxylic acids is 3. The second kappa shape index (κ2) is 22.6. The van der Waals surface area contributed by atoms with E-state index in [-0.39, 0.29) is 48.3 Å². The fraction of sp³-hybridized carbons (Fsp3) is 0.0870. The van der Waals surface area contributed by atoms with Crippen LogP contribution in [0.2, 0.25) is 0 Å². The summed E-state index contributed by atoms with van der Waals surface area (Å²) in [5.74, 6) is -4.79. The molecule has 13 heteroatoms. The third-order valence-corrected chi connectivity index (χ3v) is 8.17. The predicted molar refractivity (Wildman–Crippen MR) is 221 cm³/mol. The molecule has 6 N–H and O–H groups in total. The molecule has 6 aromatic rings. The Labute approximate surface area is 339 Å². The van der Waals surface area contributed by atoms with E-state index in [1.165, 1.54) is 24.3 Å². The van der Waals surface area contributed by atoms with Crippen LogP contribution < -0.4 is 10.6 Å². The van der Waals surface area contributed by atoms with Gasteiger partial charge >= 0.3 is 23.9 Å². The van der Waals surface area contributed by atoms with Gasteiger partial charge in [-0.2, -0.15) is 0 Å². The second-order valence-electron chi connectivity index (χ2n) is 12.3. The zero-order valence-electron chi connectivity index (χ0n) is 31.5. The van der Waals surface area contributed by atoms with Gasteiger partial charge in [0.15, 0.2) is 0 Å². The molecule has 0 spiro atoms. The molecule has 6 aromatic carbocycles. The van der Waals surface area contributed by atoms with Crippen molar-refractivity contribution >= 4 is 47.1 Å². The maximum Gasteiger partial charge on any atom is 0.338 e. The van der Waals surface area contributed by atoms with Gasteiger partial charge in [0.1, 0.15) is 6.61 Å². The van der Waals surface area contributed by atoms with Gasteiger partial charge in [0.25, 0.3) is 11.8 Å². The van der Waals surface area contributed by atoms with E-state index < -0.39 is 35.7 Å². The van der Waals surface area contributed by atoms with Crippen molar-refractivity contribution in [3.05, 3.63) is 180 Å². The lowest BCUT2D eigenvalue weighted by Gasteiger charge is -2.10. The summed E-state index contributed by atoms with van der Waals surface area (Å²) in [5.41, 5.74) is 5.77. The van der Waals surface area contributed by atoms with Gasteiger partial charge < -0.3 is 35.8 Å². The van der Waals surface area contributed by atoms with Gasteiger partial charge in [0.2, 0.25) is 0 Å². The van der Waals surface area contributed by atoms with E-state index in [0.717, 1.165) is 22.3 Å². The highest BCUT2D eigenvalue weighted by atomic mass is 16.5. The van der Waals surface area contributed by atoms with E-state index in [4.69, 9.17) is 25.2 Å². The number of benzene rings is 6. The Morgan fingerprint density at radius 2 is 0.780 bits per heavy atom. The Morgan fingerprint density at radius 1 is 0.424 bits per heavy atom. The number of esters is 1. The number of carbonyl (C=O) groups is 6. The van der Waals surface area contributed by atoms with E-state index in [0.29, 0.717) is 11.4 Å². The predicted octanol–water partition coefficient (Wildman–Crippen LogP) is 7.99. The summed E-state index contributed by atoms with van der Waals surface area (Å²) in [7, 11) is 0. The molecule has 0 atom stereocenters. The van der Waals surface area contributed by atoms with Crippen molar-refractivity contribution in [3.63, 3.8) is 0 Å². The number of aliphatic hydroxyl groups excluding tert-OH is 1. The summed E-state index contributed by atoms with van der Waals surface area (Å²) in [6.45, 7) is -0.527. The first-order chi connectivity index (χ1) is 28.5. The number of carbonyl (C=O) groups excluding carboxylic acids is 3. The minimum atomic E-state index is -1.12. The second-order valence-corrected chi connectivity index (χ2v) is 12.3. The van der Waals surface area contributed by atoms with E-state index in [9.17, 15) is 28.8 Å². The molecule has 0 bridgehead atoms. The average molecular weight is 797 g/mol. The largest absolute Gasteiger partial charge is 0.481 e.